The maximum atomic E-state index is 12.5. The van der Waals surface area contributed by atoms with Gasteiger partial charge in [-0.1, -0.05) is 0 Å². The zero-order valence-corrected chi connectivity index (χ0v) is 11.5. The van der Waals surface area contributed by atoms with E-state index in [4.69, 9.17) is 16.2 Å². The number of anilines is 1. The molecule has 0 aliphatic carbocycles. The molecule has 1 aliphatic rings. The van der Waals surface area contributed by atoms with E-state index in [0.717, 1.165) is 0 Å². The SMILES string of the molecule is COc1cc(N)ccc1C(=O)N1CCC(C(N)=O)CC1. The molecule has 1 aromatic rings. The summed E-state index contributed by atoms with van der Waals surface area (Å²) in [6, 6.07) is 4.96. The molecule has 4 N–H and O–H groups in total. The lowest BCUT2D eigenvalue weighted by Crippen LogP contribution is -2.41. The lowest BCUT2D eigenvalue weighted by atomic mass is 9.96. The highest BCUT2D eigenvalue weighted by molar-refractivity contribution is 5.97. The molecule has 2 rings (SSSR count). The fourth-order valence-corrected chi connectivity index (χ4v) is 2.42. The van der Waals surface area contributed by atoms with Crippen molar-refractivity contribution >= 4 is 17.5 Å². The number of nitrogen functional groups attached to an aromatic ring is 1. The van der Waals surface area contributed by atoms with Crippen LogP contribution < -0.4 is 16.2 Å². The van der Waals surface area contributed by atoms with Gasteiger partial charge in [0.15, 0.2) is 0 Å². The highest BCUT2D eigenvalue weighted by Gasteiger charge is 2.27. The van der Waals surface area contributed by atoms with Crippen LogP contribution in [0.2, 0.25) is 0 Å². The number of hydrogen-bond acceptors (Lipinski definition) is 4. The zero-order chi connectivity index (χ0) is 14.7. The molecular weight excluding hydrogens is 258 g/mol. The van der Waals surface area contributed by atoms with Crippen LogP contribution in [0.15, 0.2) is 18.2 Å². The monoisotopic (exact) mass is 277 g/mol. The molecule has 0 aromatic heterocycles. The smallest absolute Gasteiger partial charge is 0.257 e. The van der Waals surface area contributed by atoms with Crippen molar-refractivity contribution in [2.75, 3.05) is 25.9 Å². The first kappa shape index (κ1) is 14.2. The predicted octanol–water partition coefficient (Wildman–Crippen LogP) is 0.615. The molecule has 0 bridgehead atoms. The zero-order valence-electron chi connectivity index (χ0n) is 11.5. The number of methoxy groups -OCH3 is 1. The Morgan fingerprint density at radius 3 is 2.50 bits per heavy atom. The first-order chi connectivity index (χ1) is 9.52. The summed E-state index contributed by atoms with van der Waals surface area (Å²) in [5, 5.41) is 0. The van der Waals surface area contributed by atoms with E-state index in [0.29, 0.717) is 42.9 Å². The first-order valence-electron chi connectivity index (χ1n) is 6.55. The van der Waals surface area contributed by atoms with Gasteiger partial charge in [0.2, 0.25) is 5.91 Å². The van der Waals surface area contributed by atoms with E-state index in [1.165, 1.54) is 7.11 Å². The van der Waals surface area contributed by atoms with Crippen molar-refractivity contribution in [3.8, 4) is 5.75 Å². The minimum Gasteiger partial charge on any atom is -0.496 e. The van der Waals surface area contributed by atoms with Crippen LogP contribution in [0, 0.1) is 5.92 Å². The maximum Gasteiger partial charge on any atom is 0.257 e. The van der Waals surface area contributed by atoms with Gasteiger partial charge < -0.3 is 21.1 Å². The van der Waals surface area contributed by atoms with Gasteiger partial charge in [0, 0.05) is 30.8 Å². The van der Waals surface area contributed by atoms with Crippen molar-refractivity contribution in [3.05, 3.63) is 23.8 Å². The van der Waals surface area contributed by atoms with E-state index < -0.39 is 0 Å². The lowest BCUT2D eigenvalue weighted by Gasteiger charge is -2.31. The van der Waals surface area contributed by atoms with Crippen LogP contribution in [0.3, 0.4) is 0 Å². The van der Waals surface area contributed by atoms with E-state index in [9.17, 15) is 9.59 Å². The Bertz CT molecular complexity index is 522. The van der Waals surface area contributed by atoms with Gasteiger partial charge in [-0.3, -0.25) is 9.59 Å². The Labute approximate surface area is 117 Å². The number of piperidine rings is 1. The minimum absolute atomic E-state index is 0.107. The first-order valence-corrected chi connectivity index (χ1v) is 6.55. The fourth-order valence-electron chi connectivity index (χ4n) is 2.42. The molecular formula is C14H19N3O3. The summed E-state index contributed by atoms with van der Waals surface area (Å²) in [7, 11) is 1.50. The van der Waals surface area contributed by atoms with Gasteiger partial charge in [0.25, 0.3) is 5.91 Å². The van der Waals surface area contributed by atoms with E-state index in [-0.39, 0.29) is 17.7 Å². The molecule has 0 radical (unpaired) electrons. The number of ether oxygens (including phenoxy) is 1. The van der Waals surface area contributed by atoms with Crippen LogP contribution in [-0.4, -0.2) is 36.9 Å². The second-order valence-electron chi connectivity index (χ2n) is 4.93. The van der Waals surface area contributed by atoms with E-state index in [2.05, 4.69) is 0 Å². The van der Waals surface area contributed by atoms with Crippen molar-refractivity contribution in [1.29, 1.82) is 0 Å². The van der Waals surface area contributed by atoms with Crippen LogP contribution in [0.4, 0.5) is 5.69 Å². The molecule has 6 heteroatoms. The molecule has 20 heavy (non-hydrogen) atoms. The lowest BCUT2D eigenvalue weighted by molar-refractivity contribution is -0.123. The normalized spacial score (nSPS) is 15.9. The number of likely N-dealkylation sites (tertiary alicyclic amines) is 1. The largest absolute Gasteiger partial charge is 0.496 e. The number of amides is 2. The summed E-state index contributed by atoms with van der Waals surface area (Å²) in [5.41, 5.74) is 12.0. The molecule has 1 saturated heterocycles. The summed E-state index contributed by atoms with van der Waals surface area (Å²) in [4.78, 5) is 25.3. The number of carbonyl (C=O) groups excluding carboxylic acids is 2. The van der Waals surface area contributed by atoms with E-state index >= 15 is 0 Å². The molecule has 1 heterocycles. The minimum atomic E-state index is -0.290. The third kappa shape index (κ3) is 2.84. The van der Waals surface area contributed by atoms with Crippen molar-refractivity contribution in [2.45, 2.75) is 12.8 Å². The van der Waals surface area contributed by atoms with Crippen molar-refractivity contribution in [1.82, 2.24) is 4.90 Å². The second-order valence-corrected chi connectivity index (χ2v) is 4.93. The Balaban J connectivity index is 2.11. The summed E-state index contributed by atoms with van der Waals surface area (Å²) < 4.78 is 5.20. The van der Waals surface area contributed by atoms with Crippen LogP contribution in [0.5, 0.6) is 5.75 Å². The topological polar surface area (TPSA) is 98.7 Å². The van der Waals surface area contributed by atoms with Gasteiger partial charge in [-0.15, -0.1) is 0 Å². The quantitative estimate of drug-likeness (QED) is 0.791. The molecule has 108 valence electrons. The van der Waals surface area contributed by atoms with Crippen LogP contribution in [0.25, 0.3) is 0 Å². The average Bonchev–Trinajstić information content (AvgIpc) is 2.46. The summed E-state index contributed by atoms with van der Waals surface area (Å²) in [6.07, 6.45) is 1.22. The molecule has 1 aliphatic heterocycles. The number of nitrogens with zero attached hydrogens (tertiary/aromatic N) is 1. The van der Waals surface area contributed by atoms with E-state index in [1.807, 2.05) is 0 Å². The van der Waals surface area contributed by atoms with Gasteiger partial charge in [0.1, 0.15) is 5.75 Å². The number of carbonyl (C=O) groups is 2. The second kappa shape index (κ2) is 5.81. The summed E-state index contributed by atoms with van der Waals surface area (Å²) in [6.45, 7) is 1.06. The third-order valence-electron chi connectivity index (χ3n) is 3.64. The van der Waals surface area contributed by atoms with Crippen LogP contribution in [0.1, 0.15) is 23.2 Å². The van der Waals surface area contributed by atoms with Crippen molar-refractivity contribution in [2.24, 2.45) is 11.7 Å². The van der Waals surface area contributed by atoms with Gasteiger partial charge in [-0.25, -0.2) is 0 Å². The van der Waals surface area contributed by atoms with Crippen LogP contribution in [-0.2, 0) is 4.79 Å². The maximum absolute atomic E-state index is 12.5. The summed E-state index contributed by atoms with van der Waals surface area (Å²) >= 11 is 0. The Morgan fingerprint density at radius 1 is 1.30 bits per heavy atom. The fraction of sp³-hybridized carbons (Fsp3) is 0.429. The van der Waals surface area contributed by atoms with E-state index in [1.54, 1.807) is 23.1 Å². The molecule has 6 nitrogen and oxygen atoms in total. The molecule has 1 fully saturated rings. The molecule has 2 amide bonds. The van der Waals surface area contributed by atoms with Gasteiger partial charge in [-0.2, -0.15) is 0 Å². The highest BCUT2D eigenvalue weighted by atomic mass is 16.5. The Kier molecular flexibility index (Phi) is 4.12. The highest BCUT2D eigenvalue weighted by Crippen LogP contribution is 2.25. The number of benzene rings is 1. The number of hydrogen-bond donors (Lipinski definition) is 2. The number of rotatable bonds is 3. The number of primary amides is 1. The van der Waals surface area contributed by atoms with Crippen LogP contribution >= 0.6 is 0 Å². The molecule has 0 spiro atoms. The van der Waals surface area contributed by atoms with Gasteiger partial charge >= 0.3 is 0 Å². The Hall–Kier alpha value is -2.24. The number of nitrogens with two attached hydrogens (primary N) is 2. The van der Waals surface area contributed by atoms with Crippen molar-refractivity contribution in [3.63, 3.8) is 0 Å². The molecule has 0 atom stereocenters. The standard InChI is InChI=1S/C14H19N3O3/c1-20-12-8-10(15)2-3-11(12)14(19)17-6-4-9(5-7-17)13(16)18/h2-3,8-9H,4-7,15H2,1H3,(H2,16,18). The molecule has 0 saturated carbocycles. The Morgan fingerprint density at radius 2 is 1.95 bits per heavy atom. The van der Waals surface area contributed by atoms with Crippen molar-refractivity contribution < 1.29 is 14.3 Å². The molecule has 1 aromatic carbocycles. The van der Waals surface area contributed by atoms with Gasteiger partial charge in [-0.05, 0) is 25.0 Å². The molecule has 0 unspecified atom stereocenters. The average molecular weight is 277 g/mol. The summed E-state index contributed by atoms with van der Waals surface area (Å²) in [5.74, 6) is -0.0636. The predicted molar refractivity (Wildman–Crippen MR) is 75.2 cm³/mol. The van der Waals surface area contributed by atoms with Gasteiger partial charge in [0.05, 0.1) is 12.7 Å². The third-order valence-corrected chi connectivity index (χ3v) is 3.64.